The maximum atomic E-state index is 12.4. The number of carbonyl (C=O) groups is 1. The van der Waals surface area contributed by atoms with Crippen LogP contribution in [0.15, 0.2) is 0 Å². The number of halogens is 1. The van der Waals surface area contributed by atoms with Gasteiger partial charge in [0, 0.05) is 19.3 Å². The molecule has 0 rings (SSSR count). The van der Waals surface area contributed by atoms with Crippen molar-refractivity contribution in [3.8, 4) is 0 Å². The Labute approximate surface area is 66.7 Å². The van der Waals surface area contributed by atoms with E-state index in [1.807, 2.05) is 0 Å². The maximum Gasteiger partial charge on any atom is 0.198 e. The van der Waals surface area contributed by atoms with Crippen molar-refractivity contribution in [2.75, 3.05) is 6.61 Å². The highest BCUT2D eigenvalue weighted by atomic mass is 19.1. The molecule has 0 N–H and O–H groups in total. The molecular weight excluding hydrogens is 147 g/mol. The van der Waals surface area contributed by atoms with Gasteiger partial charge < -0.3 is 4.74 Å². The zero-order valence-corrected chi connectivity index (χ0v) is 7.10. The smallest absolute Gasteiger partial charge is 0.198 e. The molecule has 0 saturated heterocycles. The Bertz CT molecular complexity index is 115. The fourth-order valence-electron chi connectivity index (χ4n) is 0.595. The molecule has 66 valence electrons. The Balaban J connectivity index is 3.20. The number of hydrogen-bond acceptors (Lipinski definition) is 2. The monoisotopic (exact) mass is 162 g/mol. The summed E-state index contributed by atoms with van der Waals surface area (Å²) in [6.45, 7) is 3.70. The molecule has 0 aliphatic rings. The molecule has 0 fully saturated rings. The molecule has 0 aliphatic heterocycles. The zero-order valence-electron chi connectivity index (χ0n) is 7.10. The van der Waals surface area contributed by atoms with E-state index >= 15 is 0 Å². The first-order chi connectivity index (χ1) is 5.20. The molecule has 3 heteroatoms. The van der Waals surface area contributed by atoms with Gasteiger partial charge in [-0.25, -0.2) is 4.39 Å². The summed E-state index contributed by atoms with van der Waals surface area (Å²) >= 11 is 0. The Morgan fingerprint density at radius 3 is 2.64 bits per heavy atom. The van der Waals surface area contributed by atoms with Gasteiger partial charge in [0.05, 0.1) is 6.61 Å². The van der Waals surface area contributed by atoms with E-state index in [1.165, 1.54) is 0 Å². The molecule has 0 spiro atoms. The van der Waals surface area contributed by atoms with Crippen LogP contribution >= 0.6 is 0 Å². The maximum absolute atomic E-state index is 12.4. The molecule has 0 amide bonds. The summed E-state index contributed by atoms with van der Waals surface area (Å²) in [6, 6.07) is 0. The number of carbonyl (C=O) groups excluding carboxylic acids is 1. The predicted octanol–water partition coefficient (Wildman–Crippen LogP) is 2.08. The lowest BCUT2D eigenvalue weighted by Crippen LogP contribution is -2.09. The van der Waals surface area contributed by atoms with Gasteiger partial charge in [-0.3, -0.25) is 4.79 Å². The van der Waals surface area contributed by atoms with Gasteiger partial charge in [-0.2, -0.15) is 0 Å². The van der Waals surface area contributed by atoms with Crippen molar-refractivity contribution in [3.05, 3.63) is 0 Å². The second-order valence-electron chi connectivity index (χ2n) is 2.33. The van der Waals surface area contributed by atoms with E-state index in [0.29, 0.717) is 19.3 Å². The Morgan fingerprint density at radius 1 is 1.55 bits per heavy atom. The molecule has 0 saturated carbocycles. The largest absolute Gasteiger partial charge is 0.348 e. The molecule has 0 aromatic rings. The molecule has 11 heavy (non-hydrogen) atoms. The molecular formula is C8H15FO2. The Kier molecular flexibility index (Phi) is 6.03. The highest BCUT2D eigenvalue weighted by molar-refractivity contribution is 5.78. The topological polar surface area (TPSA) is 26.3 Å². The first-order valence-corrected chi connectivity index (χ1v) is 3.98. The van der Waals surface area contributed by atoms with Gasteiger partial charge >= 0.3 is 0 Å². The lowest BCUT2D eigenvalue weighted by Gasteiger charge is -2.05. The van der Waals surface area contributed by atoms with Crippen LogP contribution in [0.2, 0.25) is 0 Å². The molecule has 0 aromatic carbocycles. The number of ketones is 1. The van der Waals surface area contributed by atoms with Crippen molar-refractivity contribution in [1.29, 1.82) is 0 Å². The summed E-state index contributed by atoms with van der Waals surface area (Å²) in [4.78, 5) is 10.7. The van der Waals surface area contributed by atoms with Crippen molar-refractivity contribution in [2.24, 2.45) is 0 Å². The highest BCUT2D eigenvalue weighted by Gasteiger charge is 2.03. The highest BCUT2D eigenvalue weighted by Crippen LogP contribution is 2.00. The van der Waals surface area contributed by atoms with Crippen LogP contribution < -0.4 is 0 Å². The fraction of sp³-hybridized carbons (Fsp3) is 0.875. The molecule has 0 aromatic heterocycles. The van der Waals surface area contributed by atoms with E-state index in [9.17, 15) is 9.18 Å². The first-order valence-electron chi connectivity index (χ1n) is 3.98. The van der Waals surface area contributed by atoms with Crippen LogP contribution in [-0.2, 0) is 9.53 Å². The van der Waals surface area contributed by atoms with Crippen molar-refractivity contribution in [1.82, 2.24) is 0 Å². The standard InChI is InChI=1S/C8H15FO2/c1-3-7(10)5-6-11-8(9)4-2/h8H,3-6H2,1-2H3. The zero-order chi connectivity index (χ0) is 8.69. The fourth-order valence-corrected chi connectivity index (χ4v) is 0.595. The summed E-state index contributed by atoms with van der Waals surface area (Å²) in [6.07, 6.45) is -0.0245. The van der Waals surface area contributed by atoms with Crippen molar-refractivity contribution in [3.63, 3.8) is 0 Å². The summed E-state index contributed by atoms with van der Waals surface area (Å²) in [7, 11) is 0. The summed E-state index contributed by atoms with van der Waals surface area (Å²) < 4.78 is 17.0. The number of alkyl halides is 1. The number of Topliss-reactive ketones (excluding diaryl/α,β-unsaturated/α-hetero) is 1. The van der Waals surface area contributed by atoms with Crippen LogP contribution in [0.1, 0.15) is 33.1 Å². The third-order valence-electron chi connectivity index (χ3n) is 1.39. The van der Waals surface area contributed by atoms with Crippen molar-refractivity contribution < 1.29 is 13.9 Å². The van der Waals surface area contributed by atoms with Gasteiger partial charge in [0.1, 0.15) is 5.78 Å². The first kappa shape index (κ1) is 10.6. The lowest BCUT2D eigenvalue weighted by atomic mass is 10.2. The molecule has 1 atom stereocenters. The minimum absolute atomic E-state index is 0.119. The van der Waals surface area contributed by atoms with Crippen LogP contribution in [0.25, 0.3) is 0 Å². The SMILES string of the molecule is CCC(=O)CCOC(F)CC. The van der Waals surface area contributed by atoms with E-state index in [0.717, 1.165) is 0 Å². The van der Waals surface area contributed by atoms with Crippen LogP contribution in [0.5, 0.6) is 0 Å². The second-order valence-corrected chi connectivity index (χ2v) is 2.33. The number of hydrogen-bond donors (Lipinski definition) is 0. The number of rotatable bonds is 6. The summed E-state index contributed by atoms with van der Waals surface area (Å²) in [5.74, 6) is 0.119. The van der Waals surface area contributed by atoms with Crippen LogP contribution in [0.4, 0.5) is 4.39 Å². The van der Waals surface area contributed by atoms with Gasteiger partial charge in [-0.1, -0.05) is 13.8 Å². The quantitative estimate of drug-likeness (QED) is 0.597. The second kappa shape index (κ2) is 6.28. The lowest BCUT2D eigenvalue weighted by molar-refractivity contribution is -0.121. The van der Waals surface area contributed by atoms with Gasteiger partial charge in [0.2, 0.25) is 0 Å². The van der Waals surface area contributed by atoms with E-state index in [4.69, 9.17) is 0 Å². The number of ether oxygens (including phenoxy) is 1. The average Bonchev–Trinajstić information content (AvgIpc) is 2.04. The molecule has 1 unspecified atom stereocenters. The van der Waals surface area contributed by atoms with Crippen LogP contribution in [0, 0.1) is 0 Å². The molecule has 0 aliphatic carbocycles. The predicted molar refractivity (Wildman–Crippen MR) is 41.1 cm³/mol. The Hall–Kier alpha value is -0.440. The third kappa shape index (κ3) is 5.98. The third-order valence-corrected chi connectivity index (χ3v) is 1.39. The van der Waals surface area contributed by atoms with Crippen LogP contribution in [-0.4, -0.2) is 18.7 Å². The summed E-state index contributed by atoms with van der Waals surface area (Å²) in [5, 5.41) is 0. The van der Waals surface area contributed by atoms with E-state index < -0.39 is 6.36 Å². The molecule has 0 radical (unpaired) electrons. The summed E-state index contributed by atoms with van der Waals surface area (Å²) in [5.41, 5.74) is 0. The van der Waals surface area contributed by atoms with Crippen molar-refractivity contribution >= 4 is 5.78 Å². The van der Waals surface area contributed by atoms with E-state index in [1.54, 1.807) is 13.8 Å². The minimum atomic E-state index is -1.21. The van der Waals surface area contributed by atoms with E-state index in [2.05, 4.69) is 4.74 Å². The van der Waals surface area contributed by atoms with Crippen LogP contribution in [0.3, 0.4) is 0 Å². The normalized spacial score (nSPS) is 13.0. The molecule has 0 bridgehead atoms. The van der Waals surface area contributed by atoms with Gasteiger partial charge in [0.25, 0.3) is 0 Å². The van der Waals surface area contributed by atoms with Gasteiger partial charge in [-0.05, 0) is 0 Å². The Morgan fingerprint density at radius 2 is 2.18 bits per heavy atom. The van der Waals surface area contributed by atoms with E-state index in [-0.39, 0.29) is 12.4 Å². The van der Waals surface area contributed by atoms with Gasteiger partial charge in [0.15, 0.2) is 6.36 Å². The average molecular weight is 162 g/mol. The molecule has 2 nitrogen and oxygen atoms in total. The minimum Gasteiger partial charge on any atom is -0.348 e. The van der Waals surface area contributed by atoms with Gasteiger partial charge in [-0.15, -0.1) is 0 Å². The molecule has 0 heterocycles. The van der Waals surface area contributed by atoms with Crippen molar-refractivity contribution in [2.45, 2.75) is 39.5 Å².